The zero-order valence-corrected chi connectivity index (χ0v) is 13.3. The molecule has 0 saturated heterocycles. The molecule has 0 aliphatic heterocycles. The number of nitrogens with zero attached hydrogens (tertiary/aromatic N) is 1. The van der Waals surface area contributed by atoms with E-state index >= 15 is 0 Å². The van der Waals surface area contributed by atoms with Gasteiger partial charge in [-0.15, -0.1) is 0 Å². The molecule has 1 aromatic heterocycles. The largest absolute Gasteiger partial charge is 0.377 e. The normalized spacial score (nSPS) is 12.0. The molecule has 0 aliphatic rings. The van der Waals surface area contributed by atoms with Gasteiger partial charge in [0.05, 0.1) is 11.3 Å². The van der Waals surface area contributed by atoms with Crippen molar-refractivity contribution in [1.29, 1.82) is 0 Å². The maximum atomic E-state index is 12.1. The Hall–Kier alpha value is -2.36. The topological polar surface area (TPSA) is 54.0 Å². The summed E-state index contributed by atoms with van der Waals surface area (Å²) >= 11 is 0. The Labute approximate surface area is 132 Å². The maximum absolute atomic E-state index is 12.1. The molecule has 1 amide bonds. The Morgan fingerprint density at radius 2 is 1.86 bits per heavy atom. The van der Waals surface area contributed by atoms with E-state index in [9.17, 15) is 4.79 Å². The molecule has 0 aliphatic carbocycles. The van der Waals surface area contributed by atoms with Gasteiger partial charge in [-0.2, -0.15) is 0 Å². The number of carbonyl (C=O) groups excluding carboxylic acids is 1. The van der Waals surface area contributed by atoms with Crippen molar-refractivity contribution in [2.45, 2.75) is 26.8 Å². The molecule has 4 heteroatoms. The van der Waals surface area contributed by atoms with Crippen molar-refractivity contribution < 1.29 is 4.79 Å². The van der Waals surface area contributed by atoms with Crippen molar-refractivity contribution in [3.8, 4) is 0 Å². The number of hydrogen-bond donors (Lipinski definition) is 2. The molecule has 1 atom stereocenters. The molecule has 0 spiro atoms. The lowest BCUT2D eigenvalue weighted by Gasteiger charge is -2.16. The van der Waals surface area contributed by atoms with Gasteiger partial charge in [0.1, 0.15) is 0 Å². The molecule has 0 bridgehead atoms. The number of rotatable bonds is 6. The Morgan fingerprint density at radius 3 is 2.55 bits per heavy atom. The van der Waals surface area contributed by atoms with Gasteiger partial charge in [0.25, 0.3) is 5.91 Å². The van der Waals surface area contributed by atoms with Gasteiger partial charge in [-0.3, -0.25) is 9.78 Å². The highest BCUT2D eigenvalue weighted by Crippen LogP contribution is 2.19. The van der Waals surface area contributed by atoms with Crippen LogP contribution in [0.4, 0.5) is 5.69 Å². The molecule has 1 aromatic carbocycles. The molecular formula is C18H23N3O. The monoisotopic (exact) mass is 297 g/mol. The van der Waals surface area contributed by atoms with Crippen LogP contribution in [0.15, 0.2) is 48.8 Å². The molecule has 0 fully saturated rings. The van der Waals surface area contributed by atoms with Gasteiger partial charge >= 0.3 is 0 Å². The van der Waals surface area contributed by atoms with Crippen LogP contribution >= 0.6 is 0 Å². The third-order valence-electron chi connectivity index (χ3n) is 3.35. The Kier molecular flexibility index (Phi) is 5.53. The van der Waals surface area contributed by atoms with Crippen LogP contribution < -0.4 is 10.6 Å². The van der Waals surface area contributed by atoms with E-state index < -0.39 is 0 Å². The summed E-state index contributed by atoms with van der Waals surface area (Å²) in [5.74, 6) is 0.341. The molecule has 116 valence electrons. The summed E-state index contributed by atoms with van der Waals surface area (Å²) in [7, 11) is 0. The van der Waals surface area contributed by atoms with Crippen molar-refractivity contribution in [3.63, 3.8) is 0 Å². The van der Waals surface area contributed by atoms with Crippen LogP contribution in [0.2, 0.25) is 0 Å². The molecule has 1 unspecified atom stereocenters. The standard InChI is InChI=1S/C18H23N3O/c1-13(2)10-20-18(22)16-9-17(12-19-11-16)21-14(3)15-7-5-4-6-8-15/h4-9,11-14,21H,10H2,1-3H3,(H,20,22). The fraction of sp³-hybridized carbons (Fsp3) is 0.333. The average molecular weight is 297 g/mol. The van der Waals surface area contributed by atoms with Crippen LogP contribution in [0, 0.1) is 5.92 Å². The van der Waals surface area contributed by atoms with E-state index in [4.69, 9.17) is 0 Å². The number of amides is 1. The molecule has 2 N–H and O–H groups in total. The summed E-state index contributed by atoms with van der Waals surface area (Å²) in [5, 5.41) is 6.28. The van der Waals surface area contributed by atoms with Crippen LogP contribution in [0.25, 0.3) is 0 Å². The first kappa shape index (κ1) is 16.0. The van der Waals surface area contributed by atoms with Crippen LogP contribution in [-0.4, -0.2) is 17.4 Å². The first-order valence-corrected chi connectivity index (χ1v) is 7.61. The van der Waals surface area contributed by atoms with Crippen LogP contribution in [0.3, 0.4) is 0 Å². The van der Waals surface area contributed by atoms with Crippen molar-refractivity contribution in [3.05, 3.63) is 59.9 Å². The zero-order valence-electron chi connectivity index (χ0n) is 13.3. The number of anilines is 1. The highest BCUT2D eigenvalue weighted by molar-refractivity contribution is 5.94. The number of pyridine rings is 1. The number of nitrogens with one attached hydrogen (secondary N) is 2. The zero-order chi connectivity index (χ0) is 15.9. The molecule has 1 heterocycles. The van der Waals surface area contributed by atoms with Crippen molar-refractivity contribution in [2.75, 3.05) is 11.9 Å². The SMILES string of the molecule is CC(C)CNC(=O)c1cncc(NC(C)c2ccccc2)c1. The number of hydrogen-bond acceptors (Lipinski definition) is 3. The van der Waals surface area contributed by atoms with Gasteiger partial charge in [0.15, 0.2) is 0 Å². The fourth-order valence-electron chi connectivity index (χ4n) is 2.12. The second-order valence-electron chi connectivity index (χ2n) is 5.84. The second kappa shape index (κ2) is 7.59. The first-order chi connectivity index (χ1) is 10.6. The van der Waals surface area contributed by atoms with Crippen molar-refractivity contribution in [2.24, 2.45) is 5.92 Å². The summed E-state index contributed by atoms with van der Waals surface area (Å²) in [6.07, 6.45) is 3.33. The minimum Gasteiger partial charge on any atom is -0.377 e. The number of aromatic nitrogens is 1. The average Bonchev–Trinajstić information content (AvgIpc) is 2.53. The first-order valence-electron chi connectivity index (χ1n) is 7.61. The summed E-state index contributed by atoms with van der Waals surface area (Å²) in [4.78, 5) is 16.2. The molecule has 2 aromatic rings. The lowest BCUT2D eigenvalue weighted by atomic mass is 10.1. The smallest absolute Gasteiger partial charge is 0.252 e. The third kappa shape index (κ3) is 4.58. The quantitative estimate of drug-likeness (QED) is 0.856. The minimum atomic E-state index is -0.0859. The van der Waals surface area contributed by atoms with Crippen LogP contribution in [-0.2, 0) is 0 Å². The van der Waals surface area contributed by atoms with Crippen LogP contribution in [0.1, 0.15) is 42.7 Å². The number of carbonyl (C=O) groups is 1. The summed E-state index contributed by atoms with van der Waals surface area (Å²) in [5.41, 5.74) is 2.61. The Bertz CT molecular complexity index is 611. The molecule has 4 nitrogen and oxygen atoms in total. The van der Waals surface area contributed by atoms with Gasteiger partial charge in [-0.1, -0.05) is 44.2 Å². The lowest BCUT2D eigenvalue weighted by Crippen LogP contribution is -2.27. The lowest BCUT2D eigenvalue weighted by molar-refractivity contribution is 0.0948. The van der Waals surface area contributed by atoms with Crippen LogP contribution in [0.5, 0.6) is 0 Å². The molecule has 22 heavy (non-hydrogen) atoms. The van der Waals surface area contributed by atoms with Gasteiger partial charge in [0, 0.05) is 25.0 Å². The van der Waals surface area contributed by atoms with Crippen molar-refractivity contribution in [1.82, 2.24) is 10.3 Å². The molecule has 0 radical (unpaired) electrons. The Morgan fingerprint density at radius 1 is 1.14 bits per heavy atom. The van der Waals surface area contributed by atoms with E-state index in [2.05, 4.69) is 48.5 Å². The van der Waals surface area contributed by atoms with Gasteiger partial charge in [-0.25, -0.2) is 0 Å². The van der Waals surface area contributed by atoms with Gasteiger partial charge in [0.2, 0.25) is 0 Å². The highest BCUT2D eigenvalue weighted by atomic mass is 16.1. The van der Waals surface area contributed by atoms with E-state index in [1.165, 1.54) is 5.56 Å². The third-order valence-corrected chi connectivity index (χ3v) is 3.35. The maximum Gasteiger partial charge on any atom is 0.252 e. The van der Waals surface area contributed by atoms with E-state index in [0.29, 0.717) is 18.0 Å². The molecule has 2 rings (SSSR count). The van der Waals surface area contributed by atoms with E-state index in [0.717, 1.165) is 5.69 Å². The second-order valence-corrected chi connectivity index (χ2v) is 5.84. The molecule has 0 saturated carbocycles. The van der Waals surface area contributed by atoms with Gasteiger partial charge in [-0.05, 0) is 24.5 Å². The fourth-order valence-corrected chi connectivity index (χ4v) is 2.12. The molecular weight excluding hydrogens is 274 g/mol. The van der Waals surface area contributed by atoms with E-state index in [1.54, 1.807) is 12.4 Å². The summed E-state index contributed by atoms with van der Waals surface area (Å²) < 4.78 is 0. The number of benzene rings is 1. The Balaban J connectivity index is 2.03. The summed E-state index contributed by atoms with van der Waals surface area (Å²) in [6.45, 7) is 6.88. The highest BCUT2D eigenvalue weighted by Gasteiger charge is 2.09. The predicted octanol–water partition coefficient (Wildman–Crippen LogP) is 3.64. The van der Waals surface area contributed by atoms with Gasteiger partial charge < -0.3 is 10.6 Å². The predicted molar refractivity (Wildman–Crippen MR) is 89.9 cm³/mol. The van der Waals surface area contributed by atoms with E-state index in [-0.39, 0.29) is 11.9 Å². The van der Waals surface area contributed by atoms with Crippen molar-refractivity contribution >= 4 is 11.6 Å². The minimum absolute atomic E-state index is 0.0859. The summed E-state index contributed by atoms with van der Waals surface area (Å²) in [6, 6.07) is 12.2. The van der Waals surface area contributed by atoms with E-state index in [1.807, 2.05) is 24.3 Å².